The minimum Gasteiger partial charge on any atom is -0.206 e. The molecule has 2 aliphatic rings. The highest BCUT2D eigenvalue weighted by molar-refractivity contribution is 5.53. The Hall–Kier alpha value is -3.70. The van der Waals surface area contributed by atoms with Gasteiger partial charge in [0.15, 0.2) is 11.9 Å². The molecule has 12 heteroatoms. The van der Waals surface area contributed by atoms with E-state index in [-0.39, 0.29) is 11.2 Å². The fraction of sp³-hybridized carbons (Fsp3) is 0.350. The van der Waals surface area contributed by atoms with Crippen LogP contribution in [0.2, 0.25) is 0 Å². The van der Waals surface area contributed by atoms with Gasteiger partial charge in [0.1, 0.15) is 12.0 Å². The Morgan fingerprint density at radius 2 is 1.66 bits per heavy atom. The lowest BCUT2D eigenvalue weighted by Gasteiger charge is -2.20. The molecule has 32 heavy (non-hydrogen) atoms. The van der Waals surface area contributed by atoms with Crippen molar-refractivity contribution in [1.29, 1.82) is 0 Å². The Balaban J connectivity index is 1.76. The Labute approximate surface area is 179 Å². The Bertz CT molecular complexity index is 1430. The van der Waals surface area contributed by atoms with Gasteiger partial charge in [0.05, 0.1) is 0 Å². The topological polar surface area (TPSA) is 82.1 Å². The number of rotatable bonds is 0. The van der Waals surface area contributed by atoms with E-state index in [2.05, 4.69) is 45.9 Å². The van der Waals surface area contributed by atoms with Crippen LogP contribution in [0.1, 0.15) is 38.0 Å². The molecular formula is C20H18F3N9+2. The molecule has 0 amide bonds. The van der Waals surface area contributed by atoms with Crippen molar-refractivity contribution in [2.75, 3.05) is 0 Å². The third kappa shape index (κ3) is 2.16. The molecule has 0 aromatic carbocycles. The maximum absolute atomic E-state index is 13.6. The molecule has 1 spiro atoms. The number of aryl methyl sites for hydroxylation is 1. The molecule has 0 aliphatic carbocycles. The maximum Gasteiger partial charge on any atom is 0.528 e. The SMILES string of the molecule is Cc1nc2n(n1)C1(n3nc(C(F)(F)F)nc3-c3ccnc[n+]31)[n+]1ccc(C(C)(C)C)cc1-2. The second-order valence-corrected chi connectivity index (χ2v) is 8.92. The van der Waals surface area contributed by atoms with Crippen LogP contribution in [0.4, 0.5) is 13.2 Å². The van der Waals surface area contributed by atoms with Gasteiger partial charge in [-0.1, -0.05) is 25.8 Å². The zero-order chi connectivity index (χ0) is 22.6. The van der Waals surface area contributed by atoms with Crippen LogP contribution in [-0.4, -0.2) is 34.5 Å². The van der Waals surface area contributed by atoms with E-state index in [1.807, 2.05) is 22.9 Å². The van der Waals surface area contributed by atoms with Gasteiger partial charge in [-0.05, 0) is 17.9 Å². The van der Waals surface area contributed by atoms with E-state index in [1.54, 1.807) is 28.6 Å². The van der Waals surface area contributed by atoms with Crippen molar-refractivity contribution < 1.29 is 22.3 Å². The van der Waals surface area contributed by atoms with E-state index in [4.69, 9.17) is 0 Å². The smallest absolute Gasteiger partial charge is 0.206 e. The van der Waals surface area contributed by atoms with Crippen molar-refractivity contribution in [3.05, 3.63) is 54.1 Å². The number of nitrogens with zero attached hydrogens (tertiary/aromatic N) is 9. The molecular weight excluding hydrogens is 423 g/mol. The van der Waals surface area contributed by atoms with Gasteiger partial charge in [-0.3, -0.25) is 0 Å². The standard InChI is InChI=1S/C20H18F3N9/c1-11-25-16-14-9-12(18(2,3)4)6-8-29(14)20(31(16)27-11)30-10-24-7-5-13(30)15-26-17(19(21,22)23)28-32(15)20/h5-10H,1-4H3/q+2. The third-order valence-electron chi connectivity index (χ3n) is 5.83. The molecule has 4 aromatic heterocycles. The van der Waals surface area contributed by atoms with Crippen LogP contribution in [0.3, 0.4) is 0 Å². The second kappa shape index (κ2) is 5.56. The summed E-state index contributed by atoms with van der Waals surface area (Å²) in [5.74, 6) is -1.58. The molecule has 2 aliphatic heterocycles. The molecule has 1 atom stereocenters. The van der Waals surface area contributed by atoms with Gasteiger partial charge >= 0.3 is 12.1 Å². The average Bonchev–Trinajstić information content (AvgIpc) is 3.42. The van der Waals surface area contributed by atoms with Crippen LogP contribution in [0, 0.1) is 6.92 Å². The summed E-state index contributed by atoms with van der Waals surface area (Å²) < 4.78 is 47.1. The summed E-state index contributed by atoms with van der Waals surface area (Å²) in [4.78, 5) is 12.6. The van der Waals surface area contributed by atoms with Crippen molar-refractivity contribution in [3.8, 4) is 23.0 Å². The zero-order valence-corrected chi connectivity index (χ0v) is 17.6. The minimum absolute atomic E-state index is 0.0686. The first-order valence-electron chi connectivity index (χ1n) is 9.95. The highest BCUT2D eigenvalue weighted by Gasteiger charge is 2.68. The Kier molecular flexibility index (Phi) is 3.30. The lowest BCUT2D eigenvalue weighted by atomic mass is 9.87. The van der Waals surface area contributed by atoms with E-state index >= 15 is 0 Å². The number of hydrogen-bond donors (Lipinski definition) is 0. The number of aromatic nitrogens is 9. The number of hydrogen-bond acceptors (Lipinski definition) is 5. The third-order valence-corrected chi connectivity index (χ3v) is 5.83. The molecule has 0 saturated carbocycles. The van der Waals surface area contributed by atoms with E-state index in [1.165, 1.54) is 10.9 Å². The summed E-state index contributed by atoms with van der Waals surface area (Å²) >= 11 is 0. The van der Waals surface area contributed by atoms with Crippen LogP contribution >= 0.6 is 0 Å². The van der Waals surface area contributed by atoms with Crippen LogP contribution in [-0.2, 0) is 17.5 Å². The maximum atomic E-state index is 13.6. The molecule has 162 valence electrons. The first-order valence-corrected chi connectivity index (χ1v) is 9.95. The number of halogens is 3. The molecule has 0 N–H and O–H groups in total. The summed E-state index contributed by atoms with van der Waals surface area (Å²) in [6.07, 6.45) is 0.183. The van der Waals surface area contributed by atoms with Crippen LogP contribution in [0.25, 0.3) is 23.0 Å². The summed E-state index contributed by atoms with van der Waals surface area (Å²) in [6, 6.07) is 5.55. The van der Waals surface area contributed by atoms with Crippen molar-refractivity contribution in [2.45, 2.75) is 45.2 Å². The fourth-order valence-corrected chi connectivity index (χ4v) is 4.39. The molecule has 0 bridgehead atoms. The van der Waals surface area contributed by atoms with Gasteiger partial charge in [0.25, 0.3) is 17.8 Å². The Morgan fingerprint density at radius 1 is 0.938 bits per heavy atom. The van der Waals surface area contributed by atoms with Gasteiger partial charge in [0.2, 0.25) is 11.6 Å². The molecule has 0 fully saturated rings. The first kappa shape index (κ1) is 19.0. The Morgan fingerprint density at radius 3 is 2.38 bits per heavy atom. The van der Waals surface area contributed by atoms with E-state index < -0.39 is 17.9 Å². The van der Waals surface area contributed by atoms with Crippen LogP contribution in [0.5, 0.6) is 0 Å². The van der Waals surface area contributed by atoms with Crippen LogP contribution in [0.15, 0.2) is 36.9 Å². The van der Waals surface area contributed by atoms with E-state index in [0.29, 0.717) is 23.0 Å². The van der Waals surface area contributed by atoms with Gasteiger partial charge < -0.3 is 0 Å². The monoisotopic (exact) mass is 441 g/mol. The normalized spacial score (nSPS) is 18.6. The van der Waals surface area contributed by atoms with Gasteiger partial charge in [-0.25, -0.2) is 4.98 Å². The largest absolute Gasteiger partial charge is 0.528 e. The fourth-order valence-electron chi connectivity index (χ4n) is 4.39. The first-order chi connectivity index (χ1) is 15.0. The second-order valence-electron chi connectivity index (χ2n) is 8.92. The molecule has 1 unspecified atom stereocenters. The zero-order valence-electron chi connectivity index (χ0n) is 17.6. The molecule has 9 nitrogen and oxygen atoms in total. The van der Waals surface area contributed by atoms with Crippen molar-refractivity contribution in [2.24, 2.45) is 0 Å². The summed E-state index contributed by atoms with van der Waals surface area (Å²) in [6.45, 7) is 8.02. The number of fused-ring (bicyclic) bond motifs is 10. The molecule has 6 heterocycles. The lowest BCUT2D eigenvalue weighted by molar-refractivity contribution is -0.991. The van der Waals surface area contributed by atoms with E-state index in [9.17, 15) is 13.2 Å². The predicted octanol–water partition coefficient (Wildman–Crippen LogP) is 1.64. The number of alkyl halides is 3. The predicted molar refractivity (Wildman–Crippen MR) is 102 cm³/mol. The lowest BCUT2D eigenvalue weighted by Crippen LogP contribution is -2.77. The number of pyridine rings is 1. The summed E-state index contributed by atoms with van der Waals surface area (Å²) in [5.41, 5.74) is 2.05. The highest BCUT2D eigenvalue weighted by Crippen LogP contribution is 2.38. The molecule has 4 aromatic rings. The van der Waals surface area contributed by atoms with Crippen molar-refractivity contribution in [1.82, 2.24) is 34.5 Å². The minimum atomic E-state index is -4.69. The van der Waals surface area contributed by atoms with Crippen molar-refractivity contribution >= 4 is 0 Å². The summed E-state index contributed by atoms with van der Waals surface area (Å²) in [5, 5.41) is 8.48. The molecule has 0 radical (unpaired) electrons. The molecule has 6 rings (SSSR count). The van der Waals surface area contributed by atoms with Crippen LogP contribution < -0.4 is 9.13 Å². The summed E-state index contributed by atoms with van der Waals surface area (Å²) in [7, 11) is 0. The quantitative estimate of drug-likeness (QED) is 0.335. The van der Waals surface area contributed by atoms with Gasteiger partial charge in [0, 0.05) is 18.2 Å². The highest BCUT2D eigenvalue weighted by atomic mass is 19.4. The average molecular weight is 441 g/mol. The van der Waals surface area contributed by atoms with Gasteiger partial charge in [-0.2, -0.15) is 18.2 Å². The molecule has 0 saturated heterocycles. The van der Waals surface area contributed by atoms with Gasteiger partial charge in [-0.15, -0.1) is 28.7 Å². The van der Waals surface area contributed by atoms with E-state index in [0.717, 1.165) is 5.56 Å². The van der Waals surface area contributed by atoms with Crippen molar-refractivity contribution in [3.63, 3.8) is 0 Å².